The molecule has 0 aromatic carbocycles. The zero-order valence-corrected chi connectivity index (χ0v) is 23.9. The van der Waals surface area contributed by atoms with E-state index in [1.165, 1.54) is 34.3 Å². The second-order valence-electron chi connectivity index (χ2n) is 9.90. The Labute approximate surface area is 241 Å². The van der Waals surface area contributed by atoms with Gasteiger partial charge in [0.25, 0.3) is 0 Å². The van der Waals surface area contributed by atoms with Gasteiger partial charge in [0.1, 0.15) is 48.4 Å². The first-order valence-electron chi connectivity index (χ1n) is 12.6. The van der Waals surface area contributed by atoms with Gasteiger partial charge < -0.3 is 40.6 Å². The predicted molar refractivity (Wildman–Crippen MR) is 146 cm³/mol. The van der Waals surface area contributed by atoms with Crippen LogP contribution in [0.15, 0.2) is 31.2 Å². The summed E-state index contributed by atoms with van der Waals surface area (Å²) in [4.78, 5) is 32.1. The van der Waals surface area contributed by atoms with Gasteiger partial charge in [0, 0.05) is 10.8 Å². The molecule has 7 N–H and O–H groups in total. The molecule has 0 radical (unpaired) electrons. The highest BCUT2D eigenvalue weighted by Gasteiger charge is 2.55. The molecular formula is C21H24N9O9P2S+. The van der Waals surface area contributed by atoms with Gasteiger partial charge in [0.05, 0.1) is 30.6 Å². The SMILES string of the molecule is Nc1ncnc2c1ncn2C1O[C@@H]2CO[P+](=O)O[C@@H]3[C@H](O)C(CP(O)(=S)O[C@H]2[C@H]1O)O[C@H]3n1cnc2c(N)ccnc21. The van der Waals surface area contributed by atoms with Crippen LogP contribution in [0.4, 0.5) is 11.5 Å². The van der Waals surface area contributed by atoms with Crippen molar-refractivity contribution in [3.8, 4) is 0 Å². The van der Waals surface area contributed by atoms with Gasteiger partial charge >= 0.3 is 8.25 Å². The number of aromatic nitrogens is 7. The number of ether oxygens (including phenoxy) is 2. The van der Waals surface area contributed by atoms with Crippen LogP contribution in [0.25, 0.3) is 22.3 Å². The van der Waals surface area contributed by atoms with E-state index in [2.05, 4.69) is 24.9 Å². The minimum atomic E-state index is -3.77. The van der Waals surface area contributed by atoms with Crippen LogP contribution in [0.3, 0.4) is 0 Å². The van der Waals surface area contributed by atoms with Gasteiger partial charge in [-0.1, -0.05) is 0 Å². The third-order valence-electron chi connectivity index (χ3n) is 7.30. The number of nitrogen functional groups attached to an aromatic ring is 2. The number of hydrogen-bond acceptors (Lipinski definition) is 16. The molecule has 0 aliphatic carbocycles. The van der Waals surface area contributed by atoms with Crippen LogP contribution in [0.2, 0.25) is 0 Å². The molecule has 0 amide bonds. The Morgan fingerprint density at radius 1 is 0.952 bits per heavy atom. The van der Waals surface area contributed by atoms with E-state index >= 15 is 0 Å². The Morgan fingerprint density at radius 3 is 2.48 bits per heavy atom. The Balaban J connectivity index is 1.19. The standard InChI is InChI=1S/C21H23N9O9P2S/c22-8-1-2-24-18-11(8)27-6-30(18)21-16-13(31)10(37-21)4-41(34,42)39-15-9(3-35-40(33)38-16)36-20(14(15)32)29-7-28-12-17(23)25-5-26-19(12)29/h1-2,5-7,9-10,13-16,20-21,31-32H,3-4H2,(H4-,22,23,24,25,26,34,42)/p+1/t9-,10?,13-,14-,15-,16-,20?,21-,41?/m1/s1. The lowest BCUT2D eigenvalue weighted by Crippen LogP contribution is -2.38. The van der Waals surface area contributed by atoms with Gasteiger partial charge in [-0.3, -0.25) is 9.13 Å². The van der Waals surface area contributed by atoms with E-state index in [-0.39, 0.29) is 17.6 Å². The van der Waals surface area contributed by atoms with Crippen LogP contribution in [-0.4, -0.2) is 98.6 Å². The third kappa shape index (κ3) is 4.67. The number of aliphatic hydroxyl groups is 2. The number of pyridine rings is 1. The predicted octanol–water partition coefficient (Wildman–Crippen LogP) is -0.288. The highest BCUT2D eigenvalue weighted by molar-refractivity contribution is 8.09. The molecule has 3 aliphatic heterocycles. The molecule has 7 rings (SSSR count). The summed E-state index contributed by atoms with van der Waals surface area (Å²) in [6, 6.07) is 1.58. The summed E-state index contributed by atoms with van der Waals surface area (Å²) >= 11 is 5.45. The first-order valence-corrected chi connectivity index (χ1v) is 16.5. The van der Waals surface area contributed by atoms with E-state index in [1.807, 2.05) is 0 Å². The number of imidazole rings is 2. The molecule has 4 unspecified atom stereocenters. The Hall–Kier alpha value is -2.80. The van der Waals surface area contributed by atoms with Gasteiger partial charge in [-0.25, -0.2) is 24.9 Å². The maximum absolute atomic E-state index is 13.0. The van der Waals surface area contributed by atoms with Gasteiger partial charge in [-0.15, -0.1) is 9.05 Å². The van der Waals surface area contributed by atoms with E-state index in [4.69, 9.17) is 46.3 Å². The molecule has 0 spiro atoms. The summed E-state index contributed by atoms with van der Waals surface area (Å²) < 4.78 is 45.0. The lowest BCUT2D eigenvalue weighted by Gasteiger charge is -2.27. The fourth-order valence-corrected chi connectivity index (χ4v) is 8.32. The smallest absolute Gasteiger partial charge is 0.397 e. The average Bonchev–Trinajstić information content (AvgIpc) is 3.70. The maximum atomic E-state index is 13.0. The zero-order chi connectivity index (χ0) is 29.3. The molecule has 3 saturated heterocycles. The minimum absolute atomic E-state index is 0.132. The highest BCUT2D eigenvalue weighted by Crippen LogP contribution is 2.52. The molecule has 4 aromatic rings. The van der Waals surface area contributed by atoms with E-state index < -0.39 is 70.4 Å². The number of hydrogen-bond donors (Lipinski definition) is 5. The van der Waals surface area contributed by atoms with Crippen molar-refractivity contribution in [3.63, 3.8) is 0 Å². The molecular weight excluding hydrogens is 616 g/mol. The number of rotatable bonds is 2. The molecule has 42 heavy (non-hydrogen) atoms. The topological polar surface area (TPSA) is 250 Å². The quantitative estimate of drug-likeness (QED) is 0.177. The van der Waals surface area contributed by atoms with Crippen molar-refractivity contribution in [3.05, 3.63) is 31.2 Å². The van der Waals surface area contributed by atoms with Crippen molar-refractivity contribution < 1.29 is 42.7 Å². The lowest BCUT2D eigenvalue weighted by atomic mass is 10.1. The normalized spacial score (nSPS) is 36.6. The van der Waals surface area contributed by atoms with Crippen LogP contribution in [0.5, 0.6) is 0 Å². The fourth-order valence-electron chi connectivity index (χ4n) is 5.34. The van der Waals surface area contributed by atoms with Crippen molar-refractivity contribution in [2.45, 2.75) is 49.1 Å². The third-order valence-corrected chi connectivity index (χ3v) is 10.2. The first kappa shape index (κ1) is 28.0. The number of nitrogens with two attached hydrogens (primary N) is 2. The van der Waals surface area contributed by atoms with Crippen LogP contribution >= 0.6 is 14.7 Å². The molecule has 10 atom stereocenters. The maximum Gasteiger partial charge on any atom is 0.698 e. The van der Waals surface area contributed by atoms with E-state index in [0.717, 1.165) is 0 Å². The first-order chi connectivity index (χ1) is 20.1. The second kappa shape index (κ2) is 10.4. The summed E-state index contributed by atoms with van der Waals surface area (Å²) in [7, 11) is -2.86. The summed E-state index contributed by atoms with van der Waals surface area (Å²) in [6.07, 6.45) is -4.53. The molecule has 2 bridgehead atoms. The Bertz CT molecular complexity index is 1740. The molecule has 3 fully saturated rings. The van der Waals surface area contributed by atoms with Crippen molar-refractivity contribution in [2.24, 2.45) is 0 Å². The molecule has 0 saturated carbocycles. The average molecular weight is 640 g/mol. The van der Waals surface area contributed by atoms with Crippen LogP contribution in [0.1, 0.15) is 12.5 Å². The summed E-state index contributed by atoms with van der Waals surface area (Å²) in [5, 5.41) is 22.4. The van der Waals surface area contributed by atoms with Crippen molar-refractivity contribution in [2.75, 3.05) is 24.2 Å². The number of aliphatic hydroxyl groups excluding tert-OH is 2. The van der Waals surface area contributed by atoms with Crippen LogP contribution < -0.4 is 11.5 Å². The lowest BCUT2D eigenvalue weighted by molar-refractivity contribution is -0.0507. The van der Waals surface area contributed by atoms with Crippen LogP contribution in [0, 0.1) is 0 Å². The number of anilines is 2. The zero-order valence-electron chi connectivity index (χ0n) is 21.3. The van der Waals surface area contributed by atoms with Crippen molar-refractivity contribution >= 4 is 60.4 Å². The van der Waals surface area contributed by atoms with Gasteiger partial charge in [0.2, 0.25) is 0 Å². The molecule has 7 heterocycles. The minimum Gasteiger partial charge on any atom is -0.397 e. The fraction of sp³-hybridized carbons (Fsp3) is 0.476. The van der Waals surface area contributed by atoms with E-state index in [0.29, 0.717) is 22.4 Å². The summed E-state index contributed by atoms with van der Waals surface area (Å²) in [5.74, 6) is 0.132. The Kier molecular flexibility index (Phi) is 6.95. The van der Waals surface area contributed by atoms with E-state index in [1.54, 1.807) is 6.07 Å². The van der Waals surface area contributed by atoms with Gasteiger partial charge in [0.15, 0.2) is 42.2 Å². The molecule has 222 valence electrons. The second-order valence-corrected chi connectivity index (χ2v) is 14.4. The van der Waals surface area contributed by atoms with Crippen molar-refractivity contribution in [1.29, 1.82) is 0 Å². The summed E-state index contributed by atoms with van der Waals surface area (Å²) in [5.41, 5.74) is 13.6. The van der Waals surface area contributed by atoms with Gasteiger partial charge in [-0.05, 0) is 17.9 Å². The van der Waals surface area contributed by atoms with Gasteiger partial charge in [-0.2, -0.15) is 0 Å². The van der Waals surface area contributed by atoms with Crippen molar-refractivity contribution in [1.82, 2.24) is 34.1 Å². The highest BCUT2D eigenvalue weighted by atomic mass is 32.5. The van der Waals surface area contributed by atoms with Crippen LogP contribution in [-0.2, 0) is 39.4 Å². The molecule has 21 heteroatoms. The van der Waals surface area contributed by atoms with E-state index in [9.17, 15) is 19.7 Å². The Morgan fingerprint density at radius 2 is 1.67 bits per heavy atom. The molecule has 18 nitrogen and oxygen atoms in total. The molecule has 4 aromatic heterocycles. The molecule has 3 aliphatic rings. The monoisotopic (exact) mass is 640 g/mol. The number of fused-ring (bicyclic) bond motifs is 5. The largest absolute Gasteiger partial charge is 0.698 e. The summed E-state index contributed by atoms with van der Waals surface area (Å²) in [6.45, 7) is -4.16. The number of nitrogens with zero attached hydrogens (tertiary/aromatic N) is 7.